The van der Waals surface area contributed by atoms with Crippen molar-refractivity contribution in [2.45, 2.75) is 45.4 Å². The lowest BCUT2D eigenvalue weighted by Crippen LogP contribution is -2.40. The number of aryl methyl sites for hydroxylation is 1. The van der Waals surface area contributed by atoms with Gasteiger partial charge in [0.25, 0.3) is 5.56 Å². The summed E-state index contributed by atoms with van der Waals surface area (Å²) in [4.78, 5) is 47.5. The van der Waals surface area contributed by atoms with Crippen LogP contribution in [-0.2, 0) is 16.0 Å². The zero-order valence-corrected chi connectivity index (χ0v) is 17.3. The number of carbonyl (C=O) groups is 2. The molecule has 2 aliphatic heterocycles. The number of rotatable bonds is 4. The Kier molecular flexibility index (Phi) is 5.57. The second-order valence-corrected chi connectivity index (χ2v) is 8.19. The molecule has 0 unspecified atom stereocenters. The van der Waals surface area contributed by atoms with Crippen molar-refractivity contribution in [3.05, 3.63) is 45.7 Å². The van der Waals surface area contributed by atoms with Crippen LogP contribution in [0.4, 0.5) is 17.5 Å². The van der Waals surface area contributed by atoms with E-state index in [-0.39, 0.29) is 35.2 Å². The van der Waals surface area contributed by atoms with Gasteiger partial charge in [-0.1, -0.05) is 26.0 Å². The minimum atomic E-state index is -0.884. The van der Waals surface area contributed by atoms with Gasteiger partial charge in [-0.15, -0.1) is 0 Å². The van der Waals surface area contributed by atoms with Gasteiger partial charge in [-0.2, -0.15) is 4.98 Å². The largest absolute Gasteiger partial charge is 0.342 e. The number of anilines is 3. The number of carbonyl (C=O) groups excluding carboxylic acids is 2. The summed E-state index contributed by atoms with van der Waals surface area (Å²) in [6, 6.07) is 7.53. The van der Waals surface area contributed by atoms with Gasteiger partial charge in [0, 0.05) is 25.2 Å². The molecule has 0 bridgehead atoms. The van der Waals surface area contributed by atoms with Gasteiger partial charge >= 0.3 is 0 Å². The molecule has 0 aliphatic carbocycles. The van der Waals surface area contributed by atoms with Crippen LogP contribution in [0.3, 0.4) is 0 Å². The van der Waals surface area contributed by atoms with E-state index in [0.29, 0.717) is 17.6 Å². The Labute approximate surface area is 175 Å². The van der Waals surface area contributed by atoms with Crippen molar-refractivity contribution in [3.8, 4) is 0 Å². The molecule has 2 aliphatic rings. The Morgan fingerprint density at radius 1 is 1.27 bits per heavy atom. The number of aromatic amines is 1. The number of nitrogens with one attached hydrogen (secondary N) is 3. The van der Waals surface area contributed by atoms with Gasteiger partial charge < -0.3 is 15.5 Å². The number of fused-ring (bicyclic) bond motifs is 1. The van der Waals surface area contributed by atoms with E-state index in [4.69, 9.17) is 0 Å². The molecule has 1 saturated heterocycles. The Balaban J connectivity index is 1.61. The number of H-pyrrole nitrogens is 1. The molecule has 0 spiro atoms. The maximum atomic E-state index is 12.9. The van der Waals surface area contributed by atoms with Gasteiger partial charge in [-0.3, -0.25) is 19.4 Å². The molecule has 1 aromatic carbocycles. The van der Waals surface area contributed by atoms with E-state index in [1.807, 2.05) is 29.2 Å². The first kappa shape index (κ1) is 20.1. The number of nitrogens with zero attached hydrogens (tertiary/aromatic N) is 2. The van der Waals surface area contributed by atoms with Gasteiger partial charge in [0.2, 0.25) is 17.8 Å². The van der Waals surface area contributed by atoms with E-state index in [1.54, 1.807) is 0 Å². The molecule has 4 rings (SSSR count). The zero-order chi connectivity index (χ0) is 21.3. The lowest BCUT2D eigenvalue weighted by molar-refractivity contribution is -0.123. The summed E-state index contributed by atoms with van der Waals surface area (Å²) in [6.45, 7) is 5.83. The van der Waals surface area contributed by atoms with Gasteiger partial charge in [0.05, 0.1) is 11.5 Å². The quantitative estimate of drug-likeness (QED) is 0.720. The number of piperidine rings is 1. The molecular formula is C22H27N5O3. The summed E-state index contributed by atoms with van der Waals surface area (Å²) in [5, 5.41) is 5.50. The Morgan fingerprint density at radius 2 is 2.03 bits per heavy atom. The highest BCUT2D eigenvalue weighted by atomic mass is 16.2. The van der Waals surface area contributed by atoms with Crippen molar-refractivity contribution < 1.29 is 9.59 Å². The molecule has 30 heavy (non-hydrogen) atoms. The van der Waals surface area contributed by atoms with Crippen molar-refractivity contribution in [2.75, 3.05) is 28.6 Å². The van der Waals surface area contributed by atoms with Crippen LogP contribution in [0.25, 0.3) is 0 Å². The number of benzene rings is 1. The van der Waals surface area contributed by atoms with E-state index >= 15 is 0 Å². The minimum Gasteiger partial charge on any atom is -0.342 e. The predicted octanol–water partition coefficient (Wildman–Crippen LogP) is 2.63. The summed E-state index contributed by atoms with van der Waals surface area (Å²) in [7, 11) is 0. The Hall–Kier alpha value is -3.16. The standard InChI is InChI=1S/C22H27N5O3/c1-3-14-6-8-15(9-7-14)23-20(29)16-11-17(28)24-19-18(16)21(30)26-22(25-19)27-10-4-5-13(2)12-27/h6-9,13,16H,3-5,10-12H2,1-2H3,(H,23,29)(H2,24,25,26,28,30)/t13-,16+/m1/s1. The number of amides is 2. The average molecular weight is 409 g/mol. The van der Waals surface area contributed by atoms with E-state index in [2.05, 4.69) is 34.4 Å². The normalized spacial score (nSPS) is 21.0. The monoisotopic (exact) mass is 409 g/mol. The number of hydrogen-bond acceptors (Lipinski definition) is 5. The first-order chi connectivity index (χ1) is 14.4. The highest BCUT2D eigenvalue weighted by Crippen LogP contribution is 2.31. The fraction of sp³-hybridized carbons (Fsp3) is 0.455. The van der Waals surface area contributed by atoms with Crippen molar-refractivity contribution in [2.24, 2.45) is 5.92 Å². The molecule has 0 saturated carbocycles. The SMILES string of the molecule is CCc1ccc(NC(=O)[C@H]2CC(=O)Nc3nc(N4CCC[C@@H](C)C4)[nH]c(=O)c32)cc1. The third kappa shape index (κ3) is 4.08. The topological polar surface area (TPSA) is 107 Å². The molecule has 2 amide bonds. The van der Waals surface area contributed by atoms with Crippen LogP contribution in [0.15, 0.2) is 29.1 Å². The minimum absolute atomic E-state index is 0.0866. The van der Waals surface area contributed by atoms with E-state index in [0.717, 1.165) is 37.9 Å². The van der Waals surface area contributed by atoms with Gasteiger partial charge in [-0.05, 0) is 42.9 Å². The number of aromatic nitrogens is 2. The van der Waals surface area contributed by atoms with Gasteiger partial charge in [0.15, 0.2) is 0 Å². The van der Waals surface area contributed by atoms with Gasteiger partial charge in [0.1, 0.15) is 5.82 Å². The smallest absolute Gasteiger partial charge is 0.258 e. The molecular weight excluding hydrogens is 382 g/mol. The fourth-order valence-electron chi connectivity index (χ4n) is 4.17. The first-order valence-electron chi connectivity index (χ1n) is 10.5. The van der Waals surface area contributed by atoms with E-state index in [9.17, 15) is 14.4 Å². The molecule has 3 N–H and O–H groups in total. The lowest BCUT2D eigenvalue weighted by Gasteiger charge is -2.32. The summed E-state index contributed by atoms with van der Waals surface area (Å²) in [6.07, 6.45) is 2.99. The van der Waals surface area contributed by atoms with Gasteiger partial charge in [-0.25, -0.2) is 0 Å². The van der Waals surface area contributed by atoms with Crippen molar-refractivity contribution in [1.82, 2.24) is 9.97 Å². The van der Waals surface area contributed by atoms with Crippen molar-refractivity contribution in [1.29, 1.82) is 0 Å². The molecule has 158 valence electrons. The highest BCUT2D eigenvalue weighted by Gasteiger charge is 2.35. The average Bonchev–Trinajstić information content (AvgIpc) is 2.73. The summed E-state index contributed by atoms with van der Waals surface area (Å²) in [5.74, 6) is -0.453. The second kappa shape index (κ2) is 8.30. The van der Waals surface area contributed by atoms with Crippen LogP contribution in [-0.4, -0.2) is 34.9 Å². The highest BCUT2D eigenvalue weighted by molar-refractivity contribution is 6.04. The van der Waals surface area contributed by atoms with Crippen molar-refractivity contribution >= 4 is 29.3 Å². The van der Waals surface area contributed by atoms with Crippen LogP contribution in [0.5, 0.6) is 0 Å². The van der Waals surface area contributed by atoms with E-state index in [1.165, 1.54) is 0 Å². The fourth-order valence-corrected chi connectivity index (χ4v) is 4.17. The third-order valence-corrected chi connectivity index (χ3v) is 5.84. The molecule has 1 fully saturated rings. The van der Waals surface area contributed by atoms with Crippen LogP contribution >= 0.6 is 0 Å². The molecule has 0 radical (unpaired) electrons. The van der Waals surface area contributed by atoms with Crippen molar-refractivity contribution in [3.63, 3.8) is 0 Å². The van der Waals surface area contributed by atoms with Crippen LogP contribution < -0.4 is 21.1 Å². The Morgan fingerprint density at radius 3 is 2.73 bits per heavy atom. The predicted molar refractivity (Wildman–Crippen MR) is 116 cm³/mol. The maximum absolute atomic E-state index is 12.9. The summed E-state index contributed by atoms with van der Waals surface area (Å²) >= 11 is 0. The summed E-state index contributed by atoms with van der Waals surface area (Å²) < 4.78 is 0. The Bertz CT molecular complexity index is 1010. The van der Waals surface area contributed by atoms with E-state index < -0.39 is 5.92 Å². The molecule has 2 aromatic rings. The zero-order valence-electron chi connectivity index (χ0n) is 17.3. The molecule has 1 aromatic heterocycles. The van der Waals surface area contributed by atoms with Crippen LogP contribution in [0.1, 0.15) is 50.2 Å². The van der Waals surface area contributed by atoms with Crippen LogP contribution in [0.2, 0.25) is 0 Å². The van der Waals surface area contributed by atoms with Crippen LogP contribution in [0, 0.1) is 5.92 Å². The second-order valence-electron chi connectivity index (χ2n) is 8.19. The lowest BCUT2D eigenvalue weighted by atomic mass is 9.92. The first-order valence-corrected chi connectivity index (χ1v) is 10.5. The number of hydrogen-bond donors (Lipinski definition) is 3. The molecule has 8 heteroatoms. The summed E-state index contributed by atoms with van der Waals surface area (Å²) in [5.41, 5.74) is 1.63. The molecule has 3 heterocycles. The molecule has 2 atom stereocenters. The third-order valence-electron chi connectivity index (χ3n) is 5.84. The maximum Gasteiger partial charge on any atom is 0.258 e. The molecule has 8 nitrogen and oxygen atoms in total.